The molecular weight excluding hydrogens is 280 g/mol. The third-order valence-corrected chi connectivity index (χ3v) is 3.40. The van der Waals surface area contributed by atoms with Gasteiger partial charge in [-0.25, -0.2) is 13.6 Å². The lowest BCUT2D eigenvalue weighted by Gasteiger charge is -2.09. The fourth-order valence-corrected chi connectivity index (χ4v) is 2.15. The number of primary sulfonamides is 1. The van der Waals surface area contributed by atoms with Crippen LogP contribution >= 0.6 is 0 Å². The number of rotatable bonds is 7. The first-order valence-electron chi connectivity index (χ1n) is 6.27. The van der Waals surface area contributed by atoms with Gasteiger partial charge < -0.3 is 16.4 Å². The van der Waals surface area contributed by atoms with E-state index < -0.39 is 10.0 Å². The highest BCUT2D eigenvalue weighted by Crippen LogP contribution is 2.19. The Morgan fingerprint density at radius 1 is 1.25 bits per heavy atom. The maximum absolute atomic E-state index is 11.4. The van der Waals surface area contributed by atoms with Gasteiger partial charge in [0.1, 0.15) is 0 Å². The first kappa shape index (κ1) is 16.3. The summed E-state index contributed by atoms with van der Waals surface area (Å²) in [6.07, 6.45) is 1.17. The zero-order valence-corrected chi connectivity index (χ0v) is 12.2. The van der Waals surface area contributed by atoms with Crippen LogP contribution in [0.5, 0.6) is 0 Å². The number of carbonyl (C=O) groups is 1. The lowest BCUT2D eigenvalue weighted by atomic mass is 10.2. The second kappa shape index (κ2) is 7.11. The number of hydrogen-bond donors (Lipinski definition) is 4. The van der Waals surface area contributed by atoms with Crippen molar-refractivity contribution in [3.05, 3.63) is 18.2 Å². The first-order chi connectivity index (χ1) is 9.32. The molecule has 6 N–H and O–H groups in total. The highest BCUT2D eigenvalue weighted by molar-refractivity contribution is 7.89. The van der Waals surface area contributed by atoms with E-state index in [4.69, 9.17) is 10.9 Å². The van der Waals surface area contributed by atoms with Crippen molar-refractivity contribution in [1.82, 2.24) is 5.32 Å². The van der Waals surface area contributed by atoms with Crippen LogP contribution in [0.4, 0.5) is 11.4 Å². The van der Waals surface area contributed by atoms with Crippen molar-refractivity contribution in [3.8, 4) is 0 Å². The minimum atomic E-state index is -3.80. The van der Waals surface area contributed by atoms with E-state index in [1.165, 1.54) is 12.1 Å². The number of nitrogens with one attached hydrogen (secondary N) is 2. The lowest BCUT2D eigenvalue weighted by molar-refractivity contribution is -0.120. The zero-order chi connectivity index (χ0) is 15.2. The third kappa shape index (κ3) is 5.45. The SMILES string of the molecule is CCCNC(=O)CCNc1cc(N)cc(S(N)(=O)=O)c1. The van der Waals surface area contributed by atoms with Gasteiger partial charge in [-0.15, -0.1) is 0 Å². The number of benzene rings is 1. The summed E-state index contributed by atoms with van der Waals surface area (Å²) < 4.78 is 22.5. The van der Waals surface area contributed by atoms with Crippen LogP contribution in [0.25, 0.3) is 0 Å². The van der Waals surface area contributed by atoms with E-state index in [2.05, 4.69) is 10.6 Å². The Kier molecular flexibility index (Phi) is 5.78. The summed E-state index contributed by atoms with van der Waals surface area (Å²) in [7, 11) is -3.80. The molecule has 0 saturated heterocycles. The predicted octanol–water partition coefficient (Wildman–Crippen LogP) is 0.244. The summed E-state index contributed by atoms with van der Waals surface area (Å²) in [5.41, 5.74) is 6.41. The molecule has 20 heavy (non-hydrogen) atoms. The number of nitrogen functional groups attached to an aromatic ring is 1. The van der Waals surface area contributed by atoms with E-state index >= 15 is 0 Å². The summed E-state index contributed by atoms with van der Waals surface area (Å²) in [5, 5.41) is 10.7. The molecule has 1 rings (SSSR count). The molecule has 8 heteroatoms. The number of anilines is 2. The molecule has 0 aliphatic carbocycles. The average molecular weight is 300 g/mol. The normalized spacial score (nSPS) is 11.1. The monoisotopic (exact) mass is 300 g/mol. The lowest BCUT2D eigenvalue weighted by Crippen LogP contribution is -2.25. The van der Waals surface area contributed by atoms with Gasteiger partial charge in [0, 0.05) is 30.9 Å². The van der Waals surface area contributed by atoms with Crippen molar-refractivity contribution in [3.63, 3.8) is 0 Å². The maximum atomic E-state index is 11.4. The van der Waals surface area contributed by atoms with Gasteiger partial charge in [-0.05, 0) is 24.6 Å². The van der Waals surface area contributed by atoms with E-state index in [0.717, 1.165) is 6.42 Å². The van der Waals surface area contributed by atoms with Gasteiger partial charge in [0.2, 0.25) is 15.9 Å². The van der Waals surface area contributed by atoms with Crippen LogP contribution in [-0.2, 0) is 14.8 Å². The van der Waals surface area contributed by atoms with Crippen molar-refractivity contribution in [2.24, 2.45) is 5.14 Å². The van der Waals surface area contributed by atoms with Crippen LogP contribution < -0.4 is 21.5 Å². The van der Waals surface area contributed by atoms with Crippen molar-refractivity contribution < 1.29 is 13.2 Å². The van der Waals surface area contributed by atoms with Crippen molar-refractivity contribution in [2.45, 2.75) is 24.7 Å². The number of carbonyl (C=O) groups excluding carboxylic acids is 1. The van der Waals surface area contributed by atoms with Crippen molar-refractivity contribution in [2.75, 3.05) is 24.1 Å². The van der Waals surface area contributed by atoms with Crippen LogP contribution in [0.15, 0.2) is 23.1 Å². The summed E-state index contributed by atoms with van der Waals surface area (Å²) in [5.74, 6) is -0.0603. The zero-order valence-electron chi connectivity index (χ0n) is 11.3. The molecule has 1 amide bonds. The molecule has 0 aliphatic rings. The molecule has 0 heterocycles. The Labute approximate surface area is 118 Å². The highest BCUT2D eigenvalue weighted by atomic mass is 32.2. The number of amides is 1. The second-order valence-corrected chi connectivity index (χ2v) is 5.92. The maximum Gasteiger partial charge on any atom is 0.238 e. The fraction of sp³-hybridized carbons (Fsp3) is 0.417. The standard InChI is InChI=1S/C12H20N4O3S/c1-2-4-16-12(17)3-5-15-10-6-9(13)7-11(8-10)20(14,18)19/h6-8,15H,2-5,13H2,1H3,(H,16,17)(H2,14,18,19). The van der Waals surface area contributed by atoms with Crippen LogP contribution in [-0.4, -0.2) is 27.4 Å². The molecule has 0 atom stereocenters. The van der Waals surface area contributed by atoms with Gasteiger partial charge in [0.15, 0.2) is 0 Å². The van der Waals surface area contributed by atoms with Gasteiger partial charge in [-0.1, -0.05) is 6.92 Å². The summed E-state index contributed by atoms with van der Waals surface area (Å²) in [4.78, 5) is 11.3. The minimum Gasteiger partial charge on any atom is -0.399 e. The van der Waals surface area contributed by atoms with Crippen LogP contribution in [0.1, 0.15) is 19.8 Å². The Hall–Kier alpha value is -1.80. The Morgan fingerprint density at radius 2 is 1.95 bits per heavy atom. The average Bonchev–Trinajstić information content (AvgIpc) is 2.34. The Balaban J connectivity index is 2.61. The van der Waals surface area contributed by atoms with Gasteiger partial charge in [-0.2, -0.15) is 0 Å². The Bertz CT molecular complexity index is 572. The van der Waals surface area contributed by atoms with E-state index in [1.807, 2.05) is 6.92 Å². The van der Waals surface area contributed by atoms with Gasteiger partial charge in [-0.3, -0.25) is 4.79 Å². The van der Waals surface area contributed by atoms with E-state index in [9.17, 15) is 13.2 Å². The molecule has 0 spiro atoms. The quantitative estimate of drug-likeness (QED) is 0.537. The largest absolute Gasteiger partial charge is 0.399 e. The molecule has 0 saturated carbocycles. The molecule has 0 unspecified atom stereocenters. The van der Waals surface area contributed by atoms with Crippen molar-refractivity contribution in [1.29, 1.82) is 0 Å². The molecule has 0 bridgehead atoms. The predicted molar refractivity (Wildman–Crippen MR) is 78.6 cm³/mol. The smallest absolute Gasteiger partial charge is 0.238 e. The molecule has 0 radical (unpaired) electrons. The second-order valence-electron chi connectivity index (χ2n) is 4.36. The minimum absolute atomic E-state index is 0.0598. The third-order valence-electron chi connectivity index (χ3n) is 2.51. The molecular formula is C12H20N4O3S. The van der Waals surface area contributed by atoms with Gasteiger partial charge in [0.05, 0.1) is 4.90 Å². The Morgan fingerprint density at radius 3 is 2.55 bits per heavy atom. The number of sulfonamides is 1. The van der Waals surface area contributed by atoms with Crippen LogP contribution in [0.2, 0.25) is 0 Å². The van der Waals surface area contributed by atoms with Crippen LogP contribution in [0.3, 0.4) is 0 Å². The summed E-state index contributed by atoms with van der Waals surface area (Å²) in [6.45, 7) is 3.00. The van der Waals surface area contributed by atoms with Crippen LogP contribution in [0, 0.1) is 0 Å². The summed E-state index contributed by atoms with van der Waals surface area (Å²) >= 11 is 0. The molecule has 7 nitrogen and oxygen atoms in total. The van der Waals surface area contributed by atoms with Crippen molar-refractivity contribution >= 4 is 27.3 Å². The molecule has 1 aromatic rings. The number of nitrogens with two attached hydrogens (primary N) is 2. The molecule has 0 aliphatic heterocycles. The molecule has 112 valence electrons. The van der Waals surface area contributed by atoms with E-state index in [-0.39, 0.29) is 16.5 Å². The topological polar surface area (TPSA) is 127 Å². The van der Waals surface area contributed by atoms with Gasteiger partial charge in [0.25, 0.3) is 0 Å². The highest BCUT2D eigenvalue weighted by Gasteiger charge is 2.10. The fourth-order valence-electron chi connectivity index (χ4n) is 1.56. The number of hydrogen-bond acceptors (Lipinski definition) is 5. The summed E-state index contributed by atoms with van der Waals surface area (Å²) in [6, 6.07) is 4.25. The molecule has 1 aromatic carbocycles. The molecule has 0 aromatic heterocycles. The molecule has 0 fully saturated rings. The first-order valence-corrected chi connectivity index (χ1v) is 7.81. The van der Waals surface area contributed by atoms with E-state index in [1.54, 1.807) is 6.07 Å². The van der Waals surface area contributed by atoms with E-state index in [0.29, 0.717) is 25.2 Å². The van der Waals surface area contributed by atoms with Gasteiger partial charge >= 0.3 is 0 Å².